The molecule has 0 radical (unpaired) electrons. The molecule has 0 saturated heterocycles. The van der Waals surface area contributed by atoms with Crippen LogP contribution in [0.2, 0.25) is 0 Å². The maximum atomic E-state index is 14.5. The van der Waals surface area contributed by atoms with Crippen LogP contribution in [0.4, 0.5) is 4.39 Å². The average molecular weight is 543 g/mol. The lowest BCUT2D eigenvalue weighted by molar-refractivity contribution is 0.135. The van der Waals surface area contributed by atoms with Crippen LogP contribution in [0.15, 0.2) is 65.8 Å². The van der Waals surface area contributed by atoms with E-state index >= 15 is 0 Å². The van der Waals surface area contributed by atoms with Crippen LogP contribution in [0.3, 0.4) is 0 Å². The molecular formula is C32H35FN4O3. The Morgan fingerprint density at radius 2 is 1.55 bits per heavy atom. The van der Waals surface area contributed by atoms with Crippen molar-refractivity contribution < 1.29 is 19.1 Å². The van der Waals surface area contributed by atoms with Crippen molar-refractivity contribution in [3.05, 3.63) is 77.6 Å². The summed E-state index contributed by atoms with van der Waals surface area (Å²) in [5, 5.41) is 15.5. The van der Waals surface area contributed by atoms with Crippen LogP contribution in [-0.2, 0) is 4.84 Å². The van der Waals surface area contributed by atoms with E-state index in [1.807, 2.05) is 58.5 Å². The van der Waals surface area contributed by atoms with Crippen LogP contribution in [0.5, 0.6) is 11.5 Å². The topological polar surface area (TPSA) is 70.4 Å². The number of ether oxygens (including phenoxy) is 1. The third-order valence-corrected chi connectivity index (χ3v) is 6.85. The fraction of sp³-hybridized carbons (Fsp3) is 0.312. The number of aromatic hydroxyl groups is 1. The van der Waals surface area contributed by atoms with Gasteiger partial charge in [-0.15, -0.1) is 0 Å². The summed E-state index contributed by atoms with van der Waals surface area (Å²) in [7, 11) is 8.12. The van der Waals surface area contributed by atoms with E-state index < -0.39 is 0 Å². The number of hydrogen-bond acceptors (Lipinski definition) is 7. The molecule has 0 spiro atoms. The summed E-state index contributed by atoms with van der Waals surface area (Å²) in [5.41, 5.74) is 6.03. The fourth-order valence-electron chi connectivity index (χ4n) is 4.96. The molecule has 0 unspecified atom stereocenters. The first-order valence-electron chi connectivity index (χ1n) is 13.5. The molecule has 0 bridgehead atoms. The van der Waals surface area contributed by atoms with Crippen LogP contribution >= 0.6 is 0 Å². The minimum atomic E-state index is -0.356. The largest absolute Gasteiger partial charge is 0.508 e. The molecule has 0 atom stereocenters. The Labute approximate surface area is 234 Å². The third-order valence-electron chi connectivity index (χ3n) is 6.85. The first-order valence-corrected chi connectivity index (χ1v) is 13.5. The van der Waals surface area contributed by atoms with E-state index in [4.69, 9.17) is 14.6 Å². The quantitative estimate of drug-likeness (QED) is 0.169. The first kappa shape index (κ1) is 27.6. The van der Waals surface area contributed by atoms with E-state index in [0.717, 1.165) is 65.2 Å². The minimum absolute atomic E-state index is 0.118. The molecule has 1 aliphatic rings. The summed E-state index contributed by atoms with van der Waals surface area (Å²) < 4.78 is 20.5. The van der Waals surface area contributed by atoms with Gasteiger partial charge in [-0.3, -0.25) is 0 Å². The number of aromatic nitrogens is 1. The van der Waals surface area contributed by atoms with Crippen molar-refractivity contribution in [1.82, 2.24) is 14.8 Å². The Kier molecular flexibility index (Phi) is 8.28. The molecular weight excluding hydrogens is 507 g/mol. The van der Waals surface area contributed by atoms with Gasteiger partial charge in [0.05, 0.1) is 17.8 Å². The monoisotopic (exact) mass is 542 g/mol. The van der Waals surface area contributed by atoms with E-state index in [1.165, 1.54) is 12.1 Å². The number of rotatable bonds is 11. The second-order valence-corrected chi connectivity index (χ2v) is 10.6. The van der Waals surface area contributed by atoms with Crippen molar-refractivity contribution in [2.24, 2.45) is 5.16 Å². The zero-order chi connectivity index (χ0) is 28.2. The van der Waals surface area contributed by atoms with Gasteiger partial charge < -0.3 is 24.5 Å². The molecule has 1 N–H and O–H groups in total. The van der Waals surface area contributed by atoms with Gasteiger partial charge in [0.25, 0.3) is 0 Å². The van der Waals surface area contributed by atoms with Gasteiger partial charge in [0.15, 0.2) is 0 Å². The van der Waals surface area contributed by atoms with Crippen molar-refractivity contribution in [3.8, 4) is 33.9 Å². The number of halogens is 1. The predicted molar refractivity (Wildman–Crippen MR) is 158 cm³/mol. The number of phenolic OH excluding ortho intramolecular Hbond substituents is 1. The molecule has 3 aromatic carbocycles. The lowest BCUT2D eigenvalue weighted by Crippen LogP contribution is -2.15. The third kappa shape index (κ3) is 5.93. The van der Waals surface area contributed by atoms with Crippen LogP contribution in [0.1, 0.15) is 24.0 Å². The van der Waals surface area contributed by atoms with Gasteiger partial charge in [-0.2, -0.15) is 0 Å². The first-order chi connectivity index (χ1) is 19.3. The molecule has 0 saturated carbocycles. The summed E-state index contributed by atoms with van der Waals surface area (Å²) >= 11 is 0. The van der Waals surface area contributed by atoms with Gasteiger partial charge in [0.2, 0.25) is 0 Å². The van der Waals surface area contributed by atoms with E-state index in [1.54, 1.807) is 18.2 Å². The number of fused-ring (bicyclic) bond motifs is 5. The van der Waals surface area contributed by atoms with E-state index in [-0.39, 0.29) is 11.6 Å². The second kappa shape index (κ2) is 12.0. The highest BCUT2D eigenvalue weighted by atomic mass is 19.1. The maximum Gasteiger partial charge on any atom is 0.123 e. The molecule has 1 aromatic heterocycles. The highest BCUT2D eigenvalue weighted by molar-refractivity contribution is 6.31. The smallest absolute Gasteiger partial charge is 0.123 e. The molecule has 7 nitrogen and oxygen atoms in total. The highest BCUT2D eigenvalue weighted by Gasteiger charge is 2.32. The second-order valence-electron chi connectivity index (χ2n) is 10.6. The van der Waals surface area contributed by atoms with Crippen molar-refractivity contribution in [1.29, 1.82) is 0 Å². The summed E-state index contributed by atoms with van der Waals surface area (Å²) in [5.74, 6) is 0.554. The molecule has 5 rings (SSSR count). The molecule has 208 valence electrons. The Balaban J connectivity index is 1.58. The van der Waals surface area contributed by atoms with Crippen molar-refractivity contribution >= 4 is 16.6 Å². The SMILES string of the molecule is CN(C)CCCO/N=C1\c2cc(O)ccc2-c2c(-c3ccc(OCCCN(C)C)cc3)nc3ccc(F)cc3c21. The summed E-state index contributed by atoms with van der Waals surface area (Å²) in [6, 6.07) is 17.7. The zero-order valence-corrected chi connectivity index (χ0v) is 23.4. The van der Waals surface area contributed by atoms with Gasteiger partial charge in [0.1, 0.15) is 29.6 Å². The van der Waals surface area contributed by atoms with Gasteiger partial charge >= 0.3 is 0 Å². The summed E-state index contributed by atoms with van der Waals surface area (Å²) in [6.07, 6.45) is 1.75. The Hall–Kier alpha value is -4.01. The van der Waals surface area contributed by atoms with Crippen LogP contribution in [-0.4, -0.2) is 80.1 Å². The minimum Gasteiger partial charge on any atom is -0.508 e. The molecule has 8 heteroatoms. The molecule has 0 aliphatic heterocycles. The predicted octanol–water partition coefficient (Wildman–Crippen LogP) is 5.78. The zero-order valence-electron chi connectivity index (χ0n) is 23.4. The van der Waals surface area contributed by atoms with Gasteiger partial charge in [-0.25, -0.2) is 9.37 Å². The lowest BCUT2D eigenvalue weighted by Gasteiger charge is -2.14. The number of phenols is 1. The summed E-state index contributed by atoms with van der Waals surface area (Å²) in [4.78, 5) is 15.0. The van der Waals surface area contributed by atoms with Gasteiger partial charge in [-0.1, -0.05) is 5.16 Å². The van der Waals surface area contributed by atoms with Gasteiger partial charge in [0, 0.05) is 40.7 Å². The molecule has 40 heavy (non-hydrogen) atoms. The van der Waals surface area contributed by atoms with Gasteiger partial charge in [-0.05, 0) is 107 Å². The number of nitrogens with zero attached hydrogens (tertiary/aromatic N) is 4. The standard InChI is InChI=1S/C32H35FN4O3/c1-36(2)15-5-17-39-24-11-7-21(8-12-24)31-29-25-13-10-23(38)20-26(25)32(35-40-18-6-16-37(3)4)30(29)27-19-22(33)9-14-28(27)34-31/h7-14,19-20,38H,5-6,15-18H2,1-4H3/b35-32+. The van der Waals surface area contributed by atoms with E-state index in [9.17, 15) is 9.50 Å². The fourth-order valence-corrected chi connectivity index (χ4v) is 4.96. The Morgan fingerprint density at radius 3 is 2.27 bits per heavy atom. The Bertz CT molecular complexity index is 1530. The van der Waals surface area contributed by atoms with Crippen molar-refractivity contribution in [2.75, 3.05) is 54.5 Å². The lowest BCUT2D eigenvalue weighted by atomic mass is 9.96. The Morgan fingerprint density at radius 1 is 0.825 bits per heavy atom. The number of benzene rings is 3. The number of pyridine rings is 1. The van der Waals surface area contributed by atoms with E-state index in [2.05, 4.69) is 15.0 Å². The molecule has 1 aliphatic carbocycles. The van der Waals surface area contributed by atoms with Crippen molar-refractivity contribution in [3.63, 3.8) is 0 Å². The average Bonchev–Trinajstić information content (AvgIpc) is 3.24. The van der Waals surface area contributed by atoms with Crippen LogP contribution < -0.4 is 4.74 Å². The normalized spacial score (nSPS) is 13.3. The van der Waals surface area contributed by atoms with Crippen LogP contribution in [0.25, 0.3) is 33.3 Å². The summed E-state index contributed by atoms with van der Waals surface area (Å²) in [6.45, 7) is 2.91. The molecule has 1 heterocycles. The highest BCUT2D eigenvalue weighted by Crippen LogP contribution is 2.46. The molecule has 0 fully saturated rings. The van der Waals surface area contributed by atoms with Crippen molar-refractivity contribution in [2.45, 2.75) is 12.8 Å². The molecule has 4 aromatic rings. The number of oxime groups is 1. The van der Waals surface area contributed by atoms with E-state index in [0.29, 0.717) is 29.8 Å². The van der Waals surface area contributed by atoms with Crippen LogP contribution in [0, 0.1) is 5.82 Å². The maximum absolute atomic E-state index is 14.5. The molecule has 0 amide bonds. The number of hydrogen-bond donors (Lipinski definition) is 1.